The maximum atomic E-state index is 11.8. The molecule has 0 aliphatic carbocycles. The topological polar surface area (TPSA) is 74.1 Å². The molecule has 1 aromatic carbocycles. The van der Waals surface area contributed by atoms with Crippen LogP contribution in [0.2, 0.25) is 0 Å². The van der Waals surface area contributed by atoms with E-state index >= 15 is 0 Å². The van der Waals surface area contributed by atoms with Crippen LogP contribution in [0.15, 0.2) is 41.8 Å². The molecule has 0 radical (unpaired) electrons. The largest absolute Gasteiger partial charge is 0.479 e. The highest BCUT2D eigenvalue weighted by Crippen LogP contribution is 2.17. The first-order chi connectivity index (χ1) is 10.3. The summed E-state index contributed by atoms with van der Waals surface area (Å²) < 4.78 is 5.18. The second kappa shape index (κ2) is 7.92. The minimum Gasteiger partial charge on any atom is -0.479 e. The van der Waals surface area contributed by atoms with Gasteiger partial charge in [-0.1, -0.05) is 12.1 Å². The lowest BCUT2D eigenvalue weighted by Crippen LogP contribution is -2.30. The molecule has 0 fully saturated rings. The number of carbonyl (C=O) groups excluding carboxylic acids is 1. The maximum absolute atomic E-state index is 11.8. The Morgan fingerprint density at radius 2 is 2.24 bits per heavy atom. The summed E-state index contributed by atoms with van der Waals surface area (Å²) in [6.07, 6.45) is 0.816. The van der Waals surface area contributed by atoms with Gasteiger partial charge in [-0.15, -0.1) is 11.3 Å². The Hall–Kier alpha value is -2.52. The van der Waals surface area contributed by atoms with Gasteiger partial charge in [-0.2, -0.15) is 5.26 Å². The van der Waals surface area contributed by atoms with Gasteiger partial charge >= 0.3 is 6.03 Å². The third kappa shape index (κ3) is 5.16. The Morgan fingerprint density at radius 3 is 3.00 bits per heavy atom. The number of nitrogens with one attached hydrogen (secondary N) is 2. The van der Waals surface area contributed by atoms with Gasteiger partial charge in [0.2, 0.25) is 0 Å². The first kappa shape index (κ1) is 14.9. The van der Waals surface area contributed by atoms with Gasteiger partial charge < -0.3 is 15.4 Å². The van der Waals surface area contributed by atoms with Crippen molar-refractivity contribution < 1.29 is 9.53 Å². The number of thiophene rings is 1. The normalized spacial score (nSPS) is 9.67. The van der Waals surface area contributed by atoms with E-state index < -0.39 is 0 Å². The molecule has 0 saturated carbocycles. The van der Waals surface area contributed by atoms with Gasteiger partial charge in [0.1, 0.15) is 11.8 Å². The van der Waals surface area contributed by atoms with Crippen LogP contribution in [-0.4, -0.2) is 19.2 Å². The van der Waals surface area contributed by atoms with Gasteiger partial charge in [0.25, 0.3) is 0 Å². The van der Waals surface area contributed by atoms with E-state index in [9.17, 15) is 4.79 Å². The molecular weight excluding hydrogens is 286 g/mol. The molecule has 5 nitrogen and oxygen atoms in total. The summed E-state index contributed by atoms with van der Waals surface area (Å²) >= 11 is 1.67. The van der Waals surface area contributed by atoms with Gasteiger partial charge in [0, 0.05) is 23.2 Å². The SMILES string of the molecule is N#CCOc1cccc(NC(=O)NCCc2cccs2)c1. The van der Waals surface area contributed by atoms with Crippen LogP contribution in [-0.2, 0) is 6.42 Å². The van der Waals surface area contributed by atoms with Gasteiger partial charge in [0.15, 0.2) is 6.61 Å². The molecule has 0 aliphatic heterocycles. The average Bonchev–Trinajstić information content (AvgIpc) is 2.99. The van der Waals surface area contributed by atoms with E-state index in [2.05, 4.69) is 10.6 Å². The van der Waals surface area contributed by atoms with Crippen LogP contribution in [0.1, 0.15) is 4.88 Å². The van der Waals surface area contributed by atoms with E-state index in [0.717, 1.165) is 6.42 Å². The number of rotatable bonds is 6. The van der Waals surface area contributed by atoms with Crippen LogP contribution in [0.25, 0.3) is 0 Å². The molecule has 0 bridgehead atoms. The third-order valence-electron chi connectivity index (χ3n) is 2.63. The van der Waals surface area contributed by atoms with Crippen LogP contribution in [0, 0.1) is 11.3 Å². The average molecular weight is 301 g/mol. The molecule has 1 heterocycles. The number of benzene rings is 1. The molecule has 0 aliphatic rings. The lowest BCUT2D eigenvalue weighted by Gasteiger charge is -2.08. The fraction of sp³-hybridized carbons (Fsp3) is 0.200. The summed E-state index contributed by atoms with van der Waals surface area (Å²) in [5, 5.41) is 16.0. The summed E-state index contributed by atoms with van der Waals surface area (Å²) in [7, 11) is 0. The minimum absolute atomic E-state index is 0.0174. The molecule has 2 N–H and O–H groups in total. The smallest absolute Gasteiger partial charge is 0.319 e. The van der Waals surface area contributed by atoms with Crippen LogP contribution in [0.5, 0.6) is 5.75 Å². The number of ether oxygens (including phenoxy) is 1. The first-order valence-corrected chi connectivity index (χ1v) is 7.33. The number of urea groups is 1. The Morgan fingerprint density at radius 1 is 1.33 bits per heavy atom. The maximum Gasteiger partial charge on any atom is 0.319 e. The zero-order chi connectivity index (χ0) is 14.9. The number of nitrogens with zero attached hydrogens (tertiary/aromatic N) is 1. The van der Waals surface area contributed by atoms with E-state index in [1.54, 1.807) is 35.6 Å². The number of carbonyl (C=O) groups is 1. The second-order valence-electron chi connectivity index (χ2n) is 4.18. The fourth-order valence-corrected chi connectivity index (χ4v) is 2.42. The number of anilines is 1. The lowest BCUT2D eigenvalue weighted by molar-refractivity contribution is 0.252. The molecule has 2 aromatic rings. The molecule has 108 valence electrons. The third-order valence-corrected chi connectivity index (χ3v) is 3.57. The molecule has 0 saturated heterocycles. The molecule has 0 atom stereocenters. The molecule has 6 heteroatoms. The number of nitriles is 1. The number of amides is 2. The number of hydrogen-bond donors (Lipinski definition) is 2. The molecule has 2 amide bonds. The van der Waals surface area contributed by atoms with Gasteiger partial charge in [-0.05, 0) is 30.0 Å². The van der Waals surface area contributed by atoms with Gasteiger partial charge in [-0.25, -0.2) is 4.79 Å². The Balaban J connectivity index is 1.78. The standard InChI is InChI=1S/C15H15N3O2S/c16-7-9-20-13-4-1-3-12(11-13)18-15(19)17-8-6-14-5-2-10-21-14/h1-5,10-11H,6,8-9H2,(H2,17,18,19). The summed E-state index contributed by atoms with van der Waals surface area (Å²) in [4.78, 5) is 13.0. The zero-order valence-electron chi connectivity index (χ0n) is 11.3. The molecule has 0 spiro atoms. The van der Waals surface area contributed by atoms with Crippen molar-refractivity contribution >= 4 is 23.1 Å². The molecular formula is C15H15N3O2S. The lowest BCUT2D eigenvalue weighted by atomic mass is 10.3. The molecule has 1 aromatic heterocycles. The summed E-state index contributed by atoms with van der Waals surface area (Å²) in [6.45, 7) is 0.563. The highest BCUT2D eigenvalue weighted by molar-refractivity contribution is 7.09. The monoisotopic (exact) mass is 301 g/mol. The molecule has 21 heavy (non-hydrogen) atoms. The highest BCUT2D eigenvalue weighted by atomic mass is 32.1. The van der Waals surface area contributed by atoms with E-state index in [-0.39, 0.29) is 12.6 Å². The fourth-order valence-electron chi connectivity index (χ4n) is 1.71. The van der Waals surface area contributed by atoms with Crippen molar-refractivity contribution in [1.82, 2.24) is 5.32 Å². The molecule has 0 unspecified atom stereocenters. The second-order valence-corrected chi connectivity index (χ2v) is 5.22. The van der Waals surface area contributed by atoms with Crippen LogP contribution in [0.3, 0.4) is 0 Å². The first-order valence-electron chi connectivity index (χ1n) is 6.45. The Kier molecular flexibility index (Phi) is 5.61. The van der Waals surface area contributed by atoms with E-state index in [4.69, 9.17) is 10.00 Å². The van der Waals surface area contributed by atoms with E-state index in [0.29, 0.717) is 18.0 Å². The van der Waals surface area contributed by atoms with Crippen molar-refractivity contribution in [2.75, 3.05) is 18.5 Å². The van der Waals surface area contributed by atoms with Crippen LogP contribution >= 0.6 is 11.3 Å². The van der Waals surface area contributed by atoms with Crippen molar-refractivity contribution in [2.45, 2.75) is 6.42 Å². The summed E-state index contributed by atoms with van der Waals surface area (Å²) in [5.74, 6) is 0.549. The predicted octanol–water partition coefficient (Wildman–Crippen LogP) is 3.01. The molecule has 2 rings (SSSR count). The van der Waals surface area contributed by atoms with Crippen molar-refractivity contribution in [3.8, 4) is 11.8 Å². The zero-order valence-corrected chi connectivity index (χ0v) is 12.2. The predicted molar refractivity (Wildman–Crippen MR) is 82.6 cm³/mol. The summed E-state index contributed by atoms with van der Waals surface area (Å²) in [6, 6.07) is 12.6. The van der Waals surface area contributed by atoms with Crippen molar-refractivity contribution in [3.63, 3.8) is 0 Å². The summed E-state index contributed by atoms with van der Waals surface area (Å²) in [5.41, 5.74) is 0.624. The van der Waals surface area contributed by atoms with Crippen molar-refractivity contribution in [2.24, 2.45) is 0 Å². The number of hydrogen-bond acceptors (Lipinski definition) is 4. The van der Waals surface area contributed by atoms with Gasteiger partial charge in [-0.3, -0.25) is 0 Å². The van der Waals surface area contributed by atoms with Crippen molar-refractivity contribution in [3.05, 3.63) is 46.7 Å². The Labute approximate surface area is 127 Å². The highest BCUT2D eigenvalue weighted by Gasteiger charge is 2.03. The minimum atomic E-state index is -0.260. The van der Waals surface area contributed by atoms with E-state index in [1.165, 1.54) is 4.88 Å². The van der Waals surface area contributed by atoms with Crippen LogP contribution < -0.4 is 15.4 Å². The van der Waals surface area contributed by atoms with Crippen molar-refractivity contribution in [1.29, 1.82) is 5.26 Å². The van der Waals surface area contributed by atoms with Gasteiger partial charge in [0.05, 0.1) is 0 Å². The van der Waals surface area contributed by atoms with E-state index in [1.807, 2.05) is 23.6 Å². The quantitative estimate of drug-likeness (QED) is 0.861. The van der Waals surface area contributed by atoms with Crippen LogP contribution in [0.4, 0.5) is 10.5 Å². The Bertz CT molecular complexity index is 620.